The lowest BCUT2D eigenvalue weighted by atomic mass is 10.2. The first kappa shape index (κ1) is 23.2. The third-order valence-electron chi connectivity index (χ3n) is 4.11. The molecule has 0 bridgehead atoms. The van der Waals surface area contributed by atoms with Crippen LogP contribution in [0.25, 0.3) is 0 Å². The standard InChI is InChI=1S/C21H30N4O.HI/c1-5-22-21(23-13-12-19-11-10-18(3)24-16-19)25(4)14-15-26-20-9-7-6-8-17(20)2;/h6-11,16H,5,12-15H2,1-4H3,(H,22,23);1H. The van der Waals surface area contributed by atoms with E-state index >= 15 is 0 Å². The summed E-state index contributed by atoms with van der Waals surface area (Å²) in [6, 6.07) is 12.2. The van der Waals surface area contributed by atoms with Gasteiger partial charge in [-0.15, -0.1) is 24.0 Å². The number of aliphatic imine (C=N–C) groups is 1. The molecule has 1 heterocycles. The average Bonchev–Trinajstić information content (AvgIpc) is 2.64. The first-order chi connectivity index (χ1) is 12.6. The molecule has 0 amide bonds. The quantitative estimate of drug-likeness (QED) is 0.353. The fourth-order valence-electron chi connectivity index (χ4n) is 2.52. The fourth-order valence-corrected chi connectivity index (χ4v) is 2.52. The summed E-state index contributed by atoms with van der Waals surface area (Å²) in [6.07, 6.45) is 2.81. The zero-order valence-electron chi connectivity index (χ0n) is 16.7. The van der Waals surface area contributed by atoms with Crippen LogP contribution in [0.1, 0.15) is 23.7 Å². The maximum absolute atomic E-state index is 5.89. The third kappa shape index (κ3) is 8.15. The summed E-state index contributed by atoms with van der Waals surface area (Å²) in [4.78, 5) is 11.2. The minimum absolute atomic E-state index is 0. The van der Waals surface area contributed by atoms with Crippen LogP contribution in [0.3, 0.4) is 0 Å². The van der Waals surface area contributed by atoms with E-state index in [9.17, 15) is 0 Å². The Hall–Kier alpha value is -1.83. The molecule has 1 aromatic heterocycles. The Labute approximate surface area is 180 Å². The van der Waals surface area contributed by atoms with Crippen LogP contribution in [0.15, 0.2) is 47.6 Å². The predicted molar refractivity (Wildman–Crippen MR) is 123 cm³/mol. The lowest BCUT2D eigenvalue weighted by molar-refractivity contribution is 0.280. The van der Waals surface area contributed by atoms with Crippen LogP contribution in [-0.2, 0) is 6.42 Å². The molecule has 6 heteroatoms. The van der Waals surface area contributed by atoms with Gasteiger partial charge in [0, 0.05) is 32.0 Å². The molecular weight excluding hydrogens is 451 g/mol. The average molecular weight is 482 g/mol. The van der Waals surface area contributed by atoms with E-state index in [4.69, 9.17) is 9.73 Å². The lowest BCUT2D eigenvalue weighted by Crippen LogP contribution is -2.41. The Balaban J connectivity index is 0.00000364. The zero-order valence-corrected chi connectivity index (χ0v) is 19.1. The number of aryl methyl sites for hydroxylation is 2. The second kappa shape index (κ2) is 12.5. The number of halogens is 1. The smallest absolute Gasteiger partial charge is 0.193 e. The van der Waals surface area contributed by atoms with Crippen molar-refractivity contribution in [2.24, 2.45) is 4.99 Å². The van der Waals surface area contributed by atoms with E-state index in [-0.39, 0.29) is 24.0 Å². The molecule has 0 unspecified atom stereocenters. The van der Waals surface area contributed by atoms with Crippen molar-refractivity contribution in [2.75, 3.05) is 33.3 Å². The second-order valence-electron chi connectivity index (χ2n) is 6.33. The Morgan fingerprint density at radius 2 is 1.96 bits per heavy atom. The largest absolute Gasteiger partial charge is 0.491 e. The van der Waals surface area contributed by atoms with Gasteiger partial charge in [-0.3, -0.25) is 9.98 Å². The predicted octanol–water partition coefficient (Wildman–Crippen LogP) is 3.84. The summed E-state index contributed by atoms with van der Waals surface area (Å²) in [5, 5.41) is 3.34. The van der Waals surface area contributed by atoms with Crippen LogP contribution in [0.5, 0.6) is 5.75 Å². The van der Waals surface area contributed by atoms with Crippen LogP contribution >= 0.6 is 24.0 Å². The fraction of sp³-hybridized carbons (Fsp3) is 0.429. The zero-order chi connectivity index (χ0) is 18.8. The second-order valence-corrected chi connectivity index (χ2v) is 6.33. The maximum Gasteiger partial charge on any atom is 0.193 e. The van der Waals surface area contributed by atoms with Crippen molar-refractivity contribution in [1.29, 1.82) is 0 Å². The van der Waals surface area contributed by atoms with Gasteiger partial charge in [-0.05, 0) is 50.5 Å². The number of likely N-dealkylation sites (N-methyl/N-ethyl adjacent to an activating group) is 1. The summed E-state index contributed by atoms with van der Waals surface area (Å²) >= 11 is 0. The Morgan fingerprint density at radius 1 is 1.19 bits per heavy atom. The summed E-state index contributed by atoms with van der Waals surface area (Å²) in [5.41, 5.74) is 3.40. The van der Waals surface area contributed by atoms with Crippen molar-refractivity contribution in [2.45, 2.75) is 27.2 Å². The molecule has 148 valence electrons. The van der Waals surface area contributed by atoms with Crippen molar-refractivity contribution in [3.63, 3.8) is 0 Å². The van der Waals surface area contributed by atoms with E-state index < -0.39 is 0 Å². The van der Waals surface area contributed by atoms with Gasteiger partial charge in [0.15, 0.2) is 5.96 Å². The van der Waals surface area contributed by atoms with E-state index in [0.29, 0.717) is 6.61 Å². The van der Waals surface area contributed by atoms with Crippen LogP contribution in [0.4, 0.5) is 0 Å². The number of aromatic nitrogens is 1. The number of guanidine groups is 1. The molecule has 0 saturated heterocycles. The van der Waals surface area contributed by atoms with Gasteiger partial charge in [-0.2, -0.15) is 0 Å². The number of benzene rings is 1. The summed E-state index contributed by atoms with van der Waals surface area (Å²) < 4.78 is 5.89. The highest BCUT2D eigenvalue weighted by atomic mass is 127. The maximum atomic E-state index is 5.89. The molecule has 0 aliphatic heterocycles. The molecule has 5 nitrogen and oxygen atoms in total. The molecule has 1 aromatic carbocycles. The molecule has 27 heavy (non-hydrogen) atoms. The van der Waals surface area contributed by atoms with E-state index in [1.54, 1.807) is 0 Å². The van der Waals surface area contributed by atoms with E-state index in [0.717, 1.165) is 49.0 Å². The molecule has 0 aliphatic rings. The minimum Gasteiger partial charge on any atom is -0.491 e. The van der Waals surface area contributed by atoms with Gasteiger partial charge >= 0.3 is 0 Å². The van der Waals surface area contributed by atoms with Gasteiger partial charge in [0.1, 0.15) is 12.4 Å². The molecule has 0 atom stereocenters. The molecule has 1 N–H and O–H groups in total. The van der Waals surface area contributed by atoms with Crippen molar-refractivity contribution < 1.29 is 4.74 Å². The highest BCUT2D eigenvalue weighted by molar-refractivity contribution is 14.0. The summed E-state index contributed by atoms with van der Waals surface area (Å²) in [5.74, 6) is 1.84. The first-order valence-corrected chi connectivity index (χ1v) is 9.19. The number of pyridine rings is 1. The molecule has 0 saturated carbocycles. The first-order valence-electron chi connectivity index (χ1n) is 9.19. The molecule has 0 spiro atoms. The number of nitrogens with one attached hydrogen (secondary N) is 1. The number of para-hydroxylation sites is 1. The van der Waals surface area contributed by atoms with Crippen LogP contribution < -0.4 is 10.1 Å². The van der Waals surface area contributed by atoms with Crippen LogP contribution in [0, 0.1) is 13.8 Å². The molecular formula is C21H31IN4O. The van der Waals surface area contributed by atoms with Crippen molar-refractivity contribution in [3.05, 3.63) is 59.4 Å². The minimum atomic E-state index is 0. The summed E-state index contributed by atoms with van der Waals surface area (Å²) in [6.45, 7) is 9.10. The van der Waals surface area contributed by atoms with Gasteiger partial charge in [0.2, 0.25) is 0 Å². The lowest BCUT2D eigenvalue weighted by Gasteiger charge is -2.22. The highest BCUT2D eigenvalue weighted by Gasteiger charge is 2.06. The Morgan fingerprint density at radius 3 is 2.63 bits per heavy atom. The number of nitrogens with zero attached hydrogens (tertiary/aromatic N) is 3. The third-order valence-corrected chi connectivity index (χ3v) is 4.11. The van der Waals surface area contributed by atoms with Crippen molar-refractivity contribution >= 4 is 29.9 Å². The molecule has 0 radical (unpaired) electrons. The van der Waals surface area contributed by atoms with E-state index in [1.165, 1.54) is 5.56 Å². The van der Waals surface area contributed by atoms with E-state index in [2.05, 4.69) is 41.2 Å². The Bertz CT molecular complexity index is 704. The van der Waals surface area contributed by atoms with Gasteiger partial charge in [0.25, 0.3) is 0 Å². The summed E-state index contributed by atoms with van der Waals surface area (Å²) in [7, 11) is 2.04. The van der Waals surface area contributed by atoms with Crippen LogP contribution in [-0.4, -0.2) is 49.1 Å². The number of rotatable bonds is 8. The Kier molecular flexibility index (Phi) is 10.8. The molecule has 2 rings (SSSR count). The van der Waals surface area contributed by atoms with Crippen molar-refractivity contribution in [1.82, 2.24) is 15.2 Å². The number of ether oxygens (including phenoxy) is 1. The van der Waals surface area contributed by atoms with Gasteiger partial charge in [-0.25, -0.2) is 0 Å². The topological polar surface area (TPSA) is 49.8 Å². The van der Waals surface area contributed by atoms with Crippen LogP contribution in [0.2, 0.25) is 0 Å². The SMILES string of the molecule is CCNC(=NCCc1ccc(C)nc1)N(C)CCOc1ccccc1C.I. The highest BCUT2D eigenvalue weighted by Crippen LogP contribution is 2.15. The van der Waals surface area contributed by atoms with Crippen molar-refractivity contribution in [3.8, 4) is 5.75 Å². The van der Waals surface area contributed by atoms with Gasteiger partial charge in [-0.1, -0.05) is 24.3 Å². The number of hydrogen-bond donors (Lipinski definition) is 1. The molecule has 2 aromatic rings. The molecule has 0 fully saturated rings. The molecule has 0 aliphatic carbocycles. The number of hydrogen-bond acceptors (Lipinski definition) is 3. The normalized spacial score (nSPS) is 10.9. The van der Waals surface area contributed by atoms with E-state index in [1.807, 2.05) is 44.4 Å². The van der Waals surface area contributed by atoms with Gasteiger partial charge in [0.05, 0.1) is 6.54 Å². The monoisotopic (exact) mass is 482 g/mol. The van der Waals surface area contributed by atoms with Gasteiger partial charge < -0.3 is 15.0 Å².